The Hall–Kier alpha value is -4.07. The van der Waals surface area contributed by atoms with Crippen molar-refractivity contribution in [1.82, 2.24) is 15.2 Å². The number of aromatic amines is 1. The highest BCUT2D eigenvalue weighted by Crippen LogP contribution is 2.19. The molecule has 1 heterocycles. The molecule has 0 aliphatic heterocycles. The molecular formula is C23H23N3O5. The van der Waals surface area contributed by atoms with Gasteiger partial charge in [-0.25, -0.2) is 0 Å². The van der Waals surface area contributed by atoms with Crippen molar-refractivity contribution in [3.05, 3.63) is 75.7 Å². The summed E-state index contributed by atoms with van der Waals surface area (Å²) in [5.74, 6) is 0.292. The fourth-order valence-corrected chi connectivity index (χ4v) is 2.92. The van der Waals surface area contributed by atoms with Gasteiger partial charge in [0.25, 0.3) is 17.4 Å². The van der Waals surface area contributed by atoms with Gasteiger partial charge in [0.05, 0.1) is 19.7 Å². The van der Waals surface area contributed by atoms with Crippen LogP contribution in [-0.4, -0.2) is 50.0 Å². The van der Waals surface area contributed by atoms with E-state index < -0.39 is 17.4 Å². The number of hydrogen-bond acceptors (Lipinski definition) is 5. The van der Waals surface area contributed by atoms with Crippen LogP contribution in [0.2, 0.25) is 0 Å². The molecule has 0 saturated carbocycles. The minimum absolute atomic E-state index is 0.0239. The van der Waals surface area contributed by atoms with Crippen LogP contribution in [0.1, 0.15) is 15.9 Å². The lowest BCUT2D eigenvalue weighted by Crippen LogP contribution is -2.34. The van der Waals surface area contributed by atoms with Gasteiger partial charge in [0.1, 0.15) is 17.2 Å². The van der Waals surface area contributed by atoms with Gasteiger partial charge in [-0.05, 0) is 53.9 Å². The molecule has 0 aliphatic rings. The first-order chi connectivity index (χ1) is 14.8. The number of nitrogens with one attached hydrogen (secondary N) is 2. The van der Waals surface area contributed by atoms with Crippen LogP contribution in [0.3, 0.4) is 0 Å². The number of likely N-dealkylation sites (N-methyl/N-ethyl adjacent to an activating group) is 1. The number of carbonyl (C=O) groups excluding carboxylic acids is 2. The molecule has 0 saturated heterocycles. The normalized spacial score (nSPS) is 11.2. The Labute approximate surface area is 179 Å². The van der Waals surface area contributed by atoms with E-state index in [2.05, 4.69) is 10.3 Å². The molecule has 0 aliphatic carbocycles. The summed E-state index contributed by atoms with van der Waals surface area (Å²) in [6.45, 7) is 0. The maximum Gasteiger partial charge on any atom is 0.269 e. The predicted octanol–water partition coefficient (Wildman–Crippen LogP) is 2.40. The highest BCUT2D eigenvalue weighted by molar-refractivity contribution is 6.05. The highest BCUT2D eigenvalue weighted by Gasteiger charge is 2.17. The Bertz CT molecular complexity index is 1210. The number of hydrogen-bond donors (Lipinski definition) is 2. The van der Waals surface area contributed by atoms with Gasteiger partial charge < -0.3 is 24.7 Å². The Balaban J connectivity index is 1.99. The van der Waals surface area contributed by atoms with Crippen LogP contribution in [0.5, 0.6) is 11.5 Å². The van der Waals surface area contributed by atoms with Crippen molar-refractivity contribution in [2.75, 3.05) is 28.3 Å². The van der Waals surface area contributed by atoms with Gasteiger partial charge in [0, 0.05) is 31.3 Å². The van der Waals surface area contributed by atoms with E-state index in [1.54, 1.807) is 69.7 Å². The second-order valence-corrected chi connectivity index (χ2v) is 6.95. The van der Waals surface area contributed by atoms with E-state index in [0.717, 1.165) is 5.39 Å². The zero-order chi connectivity index (χ0) is 22.5. The van der Waals surface area contributed by atoms with E-state index in [0.29, 0.717) is 22.6 Å². The number of benzene rings is 2. The van der Waals surface area contributed by atoms with Crippen LogP contribution >= 0.6 is 0 Å². The average molecular weight is 421 g/mol. The number of fused-ring (bicyclic) bond motifs is 1. The zero-order valence-corrected chi connectivity index (χ0v) is 17.7. The number of methoxy groups -OCH3 is 2. The molecule has 0 atom stereocenters. The van der Waals surface area contributed by atoms with Gasteiger partial charge in [-0.1, -0.05) is 0 Å². The van der Waals surface area contributed by atoms with Crippen molar-refractivity contribution < 1.29 is 19.1 Å². The van der Waals surface area contributed by atoms with Crippen molar-refractivity contribution in [3.63, 3.8) is 0 Å². The number of pyridine rings is 1. The van der Waals surface area contributed by atoms with Crippen LogP contribution in [0.25, 0.3) is 17.0 Å². The van der Waals surface area contributed by atoms with Crippen LogP contribution < -0.4 is 20.3 Å². The summed E-state index contributed by atoms with van der Waals surface area (Å²) in [6.07, 6.45) is 1.37. The highest BCUT2D eigenvalue weighted by atomic mass is 16.5. The van der Waals surface area contributed by atoms with Crippen molar-refractivity contribution in [2.24, 2.45) is 0 Å². The van der Waals surface area contributed by atoms with E-state index in [1.807, 2.05) is 0 Å². The molecule has 2 aromatic carbocycles. The summed E-state index contributed by atoms with van der Waals surface area (Å²) < 4.78 is 10.3. The zero-order valence-electron chi connectivity index (χ0n) is 17.7. The third-order valence-corrected chi connectivity index (χ3v) is 4.62. The number of carbonyl (C=O) groups is 2. The lowest BCUT2D eigenvalue weighted by molar-refractivity contribution is -0.124. The van der Waals surface area contributed by atoms with Gasteiger partial charge in [0.15, 0.2) is 0 Å². The van der Waals surface area contributed by atoms with Crippen LogP contribution in [-0.2, 0) is 4.79 Å². The minimum Gasteiger partial charge on any atom is -0.497 e. The van der Waals surface area contributed by atoms with E-state index in [4.69, 9.17) is 9.47 Å². The standard InChI is InChI=1S/C23H23N3O5/c1-26(2)23(29)20(25-21(27)14-5-8-17(30-3)9-6-14)12-16-11-15-7-10-18(31-4)13-19(15)24-22(16)28/h5-13H,1-4H3,(H,24,28)(H,25,27). The topological polar surface area (TPSA) is 101 Å². The van der Waals surface area contributed by atoms with Crippen LogP contribution in [0.4, 0.5) is 0 Å². The fourth-order valence-electron chi connectivity index (χ4n) is 2.92. The number of amides is 2. The number of aromatic nitrogens is 1. The molecule has 3 rings (SSSR count). The predicted molar refractivity (Wildman–Crippen MR) is 118 cm³/mol. The second kappa shape index (κ2) is 9.17. The monoisotopic (exact) mass is 421 g/mol. The minimum atomic E-state index is -0.481. The lowest BCUT2D eigenvalue weighted by Gasteiger charge is -2.15. The maximum atomic E-state index is 12.7. The molecule has 31 heavy (non-hydrogen) atoms. The molecular weight excluding hydrogens is 398 g/mol. The van der Waals surface area contributed by atoms with Gasteiger partial charge in [-0.15, -0.1) is 0 Å². The number of rotatable bonds is 6. The molecule has 8 heteroatoms. The Morgan fingerprint density at radius 2 is 1.61 bits per heavy atom. The molecule has 0 unspecified atom stereocenters. The Kier molecular flexibility index (Phi) is 6.40. The number of ether oxygens (including phenoxy) is 2. The fraction of sp³-hybridized carbons (Fsp3) is 0.174. The van der Waals surface area contributed by atoms with E-state index in [9.17, 15) is 14.4 Å². The van der Waals surface area contributed by atoms with Gasteiger partial charge in [-0.2, -0.15) is 0 Å². The largest absolute Gasteiger partial charge is 0.497 e. The third-order valence-electron chi connectivity index (χ3n) is 4.62. The number of nitrogens with zero attached hydrogens (tertiary/aromatic N) is 1. The van der Waals surface area contributed by atoms with Crippen molar-refractivity contribution in [1.29, 1.82) is 0 Å². The van der Waals surface area contributed by atoms with Gasteiger partial charge >= 0.3 is 0 Å². The summed E-state index contributed by atoms with van der Waals surface area (Å²) in [7, 11) is 6.20. The first-order valence-electron chi connectivity index (χ1n) is 9.42. The van der Waals surface area contributed by atoms with Gasteiger partial charge in [-0.3, -0.25) is 14.4 Å². The molecule has 2 amide bonds. The smallest absolute Gasteiger partial charge is 0.269 e. The summed E-state index contributed by atoms with van der Waals surface area (Å²) in [4.78, 5) is 42.0. The van der Waals surface area contributed by atoms with Crippen LogP contribution in [0, 0.1) is 0 Å². The quantitative estimate of drug-likeness (QED) is 0.596. The van der Waals surface area contributed by atoms with Gasteiger partial charge in [0.2, 0.25) is 0 Å². The molecule has 0 spiro atoms. The van der Waals surface area contributed by atoms with Crippen molar-refractivity contribution in [3.8, 4) is 11.5 Å². The maximum absolute atomic E-state index is 12.7. The molecule has 3 aromatic rings. The first-order valence-corrected chi connectivity index (χ1v) is 9.42. The summed E-state index contributed by atoms with van der Waals surface area (Å²) in [5.41, 5.74) is 0.757. The van der Waals surface area contributed by atoms with E-state index >= 15 is 0 Å². The number of H-pyrrole nitrogens is 1. The van der Waals surface area contributed by atoms with E-state index in [-0.39, 0.29) is 11.3 Å². The Morgan fingerprint density at radius 1 is 0.968 bits per heavy atom. The summed E-state index contributed by atoms with van der Waals surface area (Å²) >= 11 is 0. The average Bonchev–Trinajstić information content (AvgIpc) is 2.78. The molecule has 0 fully saturated rings. The Morgan fingerprint density at radius 3 is 2.23 bits per heavy atom. The molecule has 8 nitrogen and oxygen atoms in total. The molecule has 1 aromatic heterocycles. The van der Waals surface area contributed by atoms with Crippen molar-refractivity contribution >= 4 is 28.8 Å². The van der Waals surface area contributed by atoms with E-state index in [1.165, 1.54) is 18.1 Å². The molecule has 0 bridgehead atoms. The molecule has 2 N–H and O–H groups in total. The SMILES string of the molecule is COc1ccc(C(=O)NC(=Cc2cc3ccc(OC)cc3[nH]c2=O)C(=O)N(C)C)cc1. The third kappa shape index (κ3) is 4.92. The van der Waals surface area contributed by atoms with Crippen molar-refractivity contribution in [2.45, 2.75) is 0 Å². The van der Waals surface area contributed by atoms with Crippen LogP contribution in [0.15, 0.2) is 59.0 Å². The second-order valence-electron chi connectivity index (χ2n) is 6.95. The summed E-state index contributed by atoms with van der Waals surface area (Å²) in [5, 5.41) is 3.37. The molecule has 160 valence electrons. The lowest BCUT2D eigenvalue weighted by atomic mass is 10.1. The summed E-state index contributed by atoms with van der Waals surface area (Å²) in [6, 6.07) is 13.4. The first kappa shape index (κ1) is 21.6. The molecule has 0 radical (unpaired) electrons.